The van der Waals surface area contributed by atoms with Crippen LogP contribution in [0.2, 0.25) is 0 Å². The summed E-state index contributed by atoms with van der Waals surface area (Å²) in [5.74, 6) is 1.70. The van der Waals surface area contributed by atoms with Crippen LogP contribution in [0.1, 0.15) is 22.7 Å². The number of phenolic OH excluding ortho intramolecular Hbond substituents is 1. The zero-order valence-corrected chi connectivity index (χ0v) is 18.0. The number of aryl methyl sites for hydroxylation is 3. The molecular formula is C22H25N5O2S. The van der Waals surface area contributed by atoms with Crippen molar-refractivity contribution in [2.24, 2.45) is 0 Å². The first-order valence-corrected chi connectivity index (χ1v) is 10.9. The van der Waals surface area contributed by atoms with Crippen LogP contribution in [0.5, 0.6) is 5.75 Å². The number of carbonyl (C=O) groups is 1. The smallest absolute Gasteiger partial charge is 0.223 e. The third kappa shape index (κ3) is 4.43. The van der Waals surface area contributed by atoms with Crippen LogP contribution in [-0.4, -0.2) is 57.0 Å². The molecule has 0 atom stereocenters. The molecule has 0 radical (unpaired) electrons. The van der Waals surface area contributed by atoms with Crippen LogP contribution in [0, 0.1) is 13.8 Å². The van der Waals surface area contributed by atoms with Gasteiger partial charge in [0.1, 0.15) is 11.6 Å². The predicted molar refractivity (Wildman–Crippen MR) is 118 cm³/mol. The van der Waals surface area contributed by atoms with Gasteiger partial charge in [0.05, 0.1) is 16.8 Å². The van der Waals surface area contributed by atoms with Crippen LogP contribution in [0.4, 0.5) is 5.82 Å². The van der Waals surface area contributed by atoms with Gasteiger partial charge < -0.3 is 14.9 Å². The number of anilines is 1. The topological polar surface area (TPSA) is 82.5 Å². The van der Waals surface area contributed by atoms with Crippen LogP contribution >= 0.6 is 11.3 Å². The Bertz CT molecular complexity index is 1040. The second-order valence-electron chi connectivity index (χ2n) is 7.44. The maximum Gasteiger partial charge on any atom is 0.223 e. The SMILES string of the molecule is Cc1cc(N2CCN(C(=O)CCc3scnc3C)CC2)nc(-c2ccccc2O)n1. The number of benzene rings is 1. The zero-order valence-electron chi connectivity index (χ0n) is 17.2. The summed E-state index contributed by atoms with van der Waals surface area (Å²) in [6, 6.07) is 9.04. The van der Waals surface area contributed by atoms with Gasteiger partial charge in [0, 0.05) is 49.2 Å². The Balaban J connectivity index is 1.40. The second kappa shape index (κ2) is 8.79. The van der Waals surface area contributed by atoms with Crippen LogP contribution < -0.4 is 4.90 Å². The van der Waals surface area contributed by atoms with Gasteiger partial charge in [-0.05, 0) is 32.4 Å². The first-order valence-electron chi connectivity index (χ1n) is 10.1. The van der Waals surface area contributed by atoms with Crippen molar-refractivity contribution >= 4 is 23.1 Å². The van der Waals surface area contributed by atoms with Crippen molar-refractivity contribution in [1.82, 2.24) is 19.9 Å². The molecule has 0 unspecified atom stereocenters. The molecule has 1 saturated heterocycles. The highest BCUT2D eigenvalue weighted by Gasteiger charge is 2.23. The van der Waals surface area contributed by atoms with E-state index < -0.39 is 0 Å². The van der Waals surface area contributed by atoms with Crippen LogP contribution in [0.25, 0.3) is 11.4 Å². The number of rotatable bonds is 5. The predicted octanol–water partition coefficient (Wildman–Crippen LogP) is 3.20. The van der Waals surface area contributed by atoms with E-state index in [1.165, 1.54) is 4.88 Å². The molecule has 3 aromatic rings. The average molecular weight is 424 g/mol. The molecule has 1 aromatic carbocycles. The van der Waals surface area contributed by atoms with Crippen molar-refractivity contribution in [3.05, 3.63) is 52.1 Å². The van der Waals surface area contributed by atoms with Gasteiger partial charge in [-0.15, -0.1) is 11.3 Å². The third-order valence-electron chi connectivity index (χ3n) is 5.35. The Hall–Kier alpha value is -3.00. The summed E-state index contributed by atoms with van der Waals surface area (Å²) in [6.07, 6.45) is 1.28. The summed E-state index contributed by atoms with van der Waals surface area (Å²) in [5, 5.41) is 10.1. The molecule has 156 valence electrons. The quantitative estimate of drug-likeness (QED) is 0.679. The van der Waals surface area contributed by atoms with Crippen molar-refractivity contribution in [3.63, 3.8) is 0 Å². The first kappa shape index (κ1) is 20.3. The first-order chi connectivity index (χ1) is 14.5. The lowest BCUT2D eigenvalue weighted by Crippen LogP contribution is -2.49. The fraction of sp³-hybridized carbons (Fsp3) is 0.364. The van der Waals surface area contributed by atoms with Gasteiger partial charge in [-0.3, -0.25) is 4.79 Å². The minimum Gasteiger partial charge on any atom is -0.507 e. The maximum atomic E-state index is 12.6. The summed E-state index contributed by atoms with van der Waals surface area (Å²) in [6.45, 7) is 6.72. The molecule has 0 spiro atoms. The molecule has 1 N–H and O–H groups in total. The Labute approximate surface area is 180 Å². The third-order valence-corrected chi connectivity index (χ3v) is 6.35. The largest absolute Gasteiger partial charge is 0.507 e. The Morgan fingerprint density at radius 1 is 1.13 bits per heavy atom. The standard InChI is InChI=1S/C22H25N5O2S/c1-15-13-20(25-22(24-15)17-5-3-4-6-18(17)28)26-9-11-27(12-10-26)21(29)8-7-19-16(2)23-14-30-19/h3-6,13-14,28H,7-12H2,1-2H3. The molecule has 1 aliphatic rings. The molecule has 0 aliphatic carbocycles. The van der Waals surface area contributed by atoms with Gasteiger partial charge in [0.2, 0.25) is 5.91 Å². The number of nitrogens with zero attached hydrogens (tertiary/aromatic N) is 5. The lowest BCUT2D eigenvalue weighted by molar-refractivity contribution is -0.131. The molecule has 4 rings (SSSR count). The monoisotopic (exact) mass is 423 g/mol. The van der Waals surface area contributed by atoms with E-state index in [1.807, 2.05) is 42.5 Å². The van der Waals surface area contributed by atoms with E-state index in [4.69, 9.17) is 0 Å². The molecule has 1 fully saturated rings. The summed E-state index contributed by atoms with van der Waals surface area (Å²) in [7, 11) is 0. The van der Waals surface area contributed by atoms with E-state index in [9.17, 15) is 9.90 Å². The van der Waals surface area contributed by atoms with Crippen LogP contribution in [-0.2, 0) is 11.2 Å². The van der Waals surface area contributed by atoms with Crippen molar-refractivity contribution in [2.45, 2.75) is 26.7 Å². The highest BCUT2D eigenvalue weighted by Crippen LogP contribution is 2.28. The number of aromatic hydroxyl groups is 1. The fourth-order valence-electron chi connectivity index (χ4n) is 3.63. The second-order valence-corrected chi connectivity index (χ2v) is 8.38. The molecule has 2 aromatic heterocycles. The van der Waals surface area contributed by atoms with E-state index in [2.05, 4.69) is 19.9 Å². The Morgan fingerprint density at radius 2 is 1.90 bits per heavy atom. The van der Waals surface area contributed by atoms with Gasteiger partial charge in [-0.1, -0.05) is 12.1 Å². The van der Waals surface area contributed by atoms with Crippen molar-refractivity contribution in [3.8, 4) is 17.1 Å². The number of para-hydroxylation sites is 1. The number of phenols is 1. The molecule has 3 heterocycles. The van der Waals surface area contributed by atoms with Gasteiger partial charge in [-0.25, -0.2) is 15.0 Å². The molecule has 7 nitrogen and oxygen atoms in total. The molecule has 8 heteroatoms. The summed E-state index contributed by atoms with van der Waals surface area (Å²) in [4.78, 5) is 31.3. The van der Waals surface area contributed by atoms with Gasteiger partial charge in [-0.2, -0.15) is 0 Å². The average Bonchev–Trinajstić information content (AvgIpc) is 3.16. The van der Waals surface area contributed by atoms with Crippen molar-refractivity contribution < 1.29 is 9.90 Å². The van der Waals surface area contributed by atoms with Crippen LogP contribution in [0.15, 0.2) is 35.8 Å². The molecule has 1 aliphatic heterocycles. The number of hydrogen-bond acceptors (Lipinski definition) is 7. The summed E-state index contributed by atoms with van der Waals surface area (Å²) < 4.78 is 0. The highest BCUT2D eigenvalue weighted by atomic mass is 32.1. The number of amides is 1. The normalized spacial score (nSPS) is 14.2. The van der Waals surface area contributed by atoms with Gasteiger partial charge >= 0.3 is 0 Å². The maximum absolute atomic E-state index is 12.6. The van der Waals surface area contributed by atoms with Crippen molar-refractivity contribution in [2.75, 3.05) is 31.1 Å². The molecule has 0 saturated carbocycles. The number of aromatic nitrogens is 3. The summed E-state index contributed by atoms with van der Waals surface area (Å²) in [5.41, 5.74) is 4.32. The molecule has 1 amide bonds. The number of piperazine rings is 1. The van der Waals surface area contributed by atoms with E-state index in [0.717, 1.165) is 36.7 Å². The van der Waals surface area contributed by atoms with Crippen LogP contribution in [0.3, 0.4) is 0 Å². The number of carbonyl (C=O) groups excluding carboxylic acids is 1. The fourth-order valence-corrected chi connectivity index (χ4v) is 4.41. The van der Waals surface area contributed by atoms with E-state index in [1.54, 1.807) is 23.5 Å². The molecule has 30 heavy (non-hydrogen) atoms. The molecular weight excluding hydrogens is 398 g/mol. The lowest BCUT2D eigenvalue weighted by Gasteiger charge is -2.35. The Morgan fingerprint density at radius 3 is 2.60 bits per heavy atom. The van der Waals surface area contributed by atoms with E-state index >= 15 is 0 Å². The minimum atomic E-state index is 0.167. The minimum absolute atomic E-state index is 0.167. The Kier molecular flexibility index (Phi) is 5.94. The summed E-state index contributed by atoms with van der Waals surface area (Å²) >= 11 is 1.62. The zero-order chi connectivity index (χ0) is 21.1. The van der Waals surface area contributed by atoms with E-state index in [0.29, 0.717) is 30.9 Å². The van der Waals surface area contributed by atoms with Crippen molar-refractivity contribution in [1.29, 1.82) is 0 Å². The lowest BCUT2D eigenvalue weighted by atomic mass is 10.2. The van der Waals surface area contributed by atoms with Gasteiger partial charge in [0.25, 0.3) is 0 Å². The van der Waals surface area contributed by atoms with Gasteiger partial charge in [0.15, 0.2) is 5.82 Å². The number of hydrogen-bond donors (Lipinski definition) is 1. The van der Waals surface area contributed by atoms with E-state index in [-0.39, 0.29) is 11.7 Å². The number of thiazole rings is 1. The highest BCUT2D eigenvalue weighted by molar-refractivity contribution is 7.09. The molecule has 0 bridgehead atoms.